The molecule has 0 unspecified atom stereocenters. The van der Waals surface area contributed by atoms with Gasteiger partial charge in [-0.3, -0.25) is 0 Å². The minimum Gasteiger partial charge on any atom is -0.493 e. The van der Waals surface area contributed by atoms with Gasteiger partial charge in [0, 0.05) is 6.08 Å². The molecule has 0 fully saturated rings. The number of hydrogen-bond donors (Lipinski definition) is 0. The largest absolute Gasteiger partial charge is 0.493 e. The maximum Gasteiger partial charge on any atom is 0.330 e. The van der Waals surface area contributed by atoms with Crippen LogP contribution in [0, 0.1) is 0 Å². The average Bonchev–Trinajstić information content (AvgIpc) is 2.81. The highest BCUT2D eigenvalue weighted by atomic mass is 16.5. The van der Waals surface area contributed by atoms with Crippen molar-refractivity contribution in [3.8, 4) is 28.4 Å². The highest BCUT2D eigenvalue weighted by Crippen LogP contribution is 2.34. The monoisotopic (exact) mass is 404 g/mol. The third kappa shape index (κ3) is 5.20. The molecule has 0 aromatic heterocycles. The number of ether oxygens (including phenoxy) is 4. The molecule has 154 valence electrons. The van der Waals surface area contributed by atoms with Crippen LogP contribution in [0.1, 0.15) is 11.1 Å². The molecule has 5 heteroatoms. The first-order chi connectivity index (χ1) is 14.6. The predicted octanol–water partition coefficient (Wildman–Crippen LogP) is 5.14. The summed E-state index contributed by atoms with van der Waals surface area (Å²) < 4.78 is 21.4. The van der Waals surface area contributed by atoms with Gasteiger partial charge in [0.15, 0.2) is 11.5 Å². The van der Waals surface area contributed by atoms with Gasteiger partial charge in [0.1, 0.15) is 12.4 Å². The van der Waals surface area contributed by atoms with Crippen LogP contribution >= 0.6 is 0 Å². The number of esters is 1. The van der Waals surface area contributed by atoms with Gasteiger partial charge in [-0.1, -0.05) is 36.4 Å². The lowest BCUT2D eigenvalue weighted by atomic mass is 9.96. The molecule has 3 rings (SSSR count). The first kappa shape index (κ1) is 21.0. The molecule has 0 amide bonds. The number of hydrogen-bond acceptors (Lipinski definition) is 5. The lowest BCUT2D eigenvalue weighted by Crippen LogP contribution is -1.98. The summed E-state index contributed by atoms with van der Waals surface area (Å²) in [6.07, 6.45) is 3.14. The third-order valence-electron chi connectivity index (χ3n) is 4.56. The molecule has 3 aromatic carbocycles. The van der Waals surface area contributed by atoms with Gasteiger partial charge in [0.05, 0.1) is 21.3 Å². The van der Waals surface area contributed by atoms with E-state index in [9.17, 15) is 4.79 Å². The smallest absolute Gasteiger partial charge is 0.330 e. The maximum atomic E-state index is 11.6. The standard InChI is InChI=1S/C25H24O5/c1-27-23-13-11-20(16-24(23)28-2)22-15-18(17-30-21-7-5-4-6-8-21)9-10-19(22)12-14-25(26)29-3/h4-16H,17H2,1-3H3/b14-12+. The number of benzene rings is 3. The van der Waals surface area contributed by atoms with Gasteiger partial charge >= 0.3 is 5.97 Å². The van der Waals surface area contributed by atoms with Gasteiger partial charge in [-0.25, -0.2) is 4.79 Å². The van der Waals surface area contributed by atoms with E-state index in [0.717, 1.165) is 28.0 Å². The summed E-state index contributed by atoms with van der Waals surface area (Å²) >= 11 is 0. The normalized spacial score (nSPS) is 10.6. The fraction of sp³-hybridized carbons (Fsp3) is 0.160. The topological polar surface area (TPSA) is 54.0 Å². The van der Waals surface area contributed by atoms with Crippen LogP contribution in [-0.2, 0) is 16.1 Å². The molecule has 0 heterocycles. The Bertz CT molecular complexity index is 1020. The van der Waals surface area contributed by atoms with E-state index in [0.29, 0.717) is 18.1 Å². The van der Waals surface area contributed by atoms with E-state index in [1.54, 1.807) is 20.3 Å². The number of para-hydroxylation sites is 1. The second kappa shape index (κ2) is 10.2. The number of methoxy groups -OCH3 is 3. The Morgan fingerprint density at radius 3 is 2.33 bits per heavy atom. The Morgan fingerprint density at radius 2 is 1.63 bits per heavy atom. The van der Waals surface area contributed by atoms with Crippen molar-refractivity contribution in [3.05, 3.63) is 83.9 Å². The van der Waals surface area contributed by atoms with Crippen LogP contribution in [-0.4, -0.2) is 27.3 Å². The second-order valence-electron chi connectivity index (χ2n) is 6.45. The van der Waals surface area contributed by atoms with E-state index in [2.05, 4.69) is 0 Å². The summed E-state index contributed by atoms with van der Waals surface area (Å²) in [4.78, 5) is 11.6. The zero-order valence-electron chi connectivity index (χ0n) is 17.3. The molecule has 30 heavy (non-hydrogen) atoms. The zero-order valence-corrected chi connectivity index (χ0v) is 17.3. The summed E-state index contributed by atoms with van der Waals surface area (Å²) in [5.74, 6) is 1.67. The van der Waals surface area contributed by atoms with Gasteiger partial charge in [-0.2, -0.15) is 0 Å². The molecule has 0 aliphatic heterocycles. The van der Waals surface area contributed by atoms with Crippen LogP contribution in [0.4, 0.5) is 0 Å². The third-order valence-corrected chi connectivity index (χ3v) is 4.56. The summed E-state index contributed by atoms with van der Waals surface area (Å²) in [5.41, 5.74) is 3.74. The molecule has 3 aromatic rings. The van der Waals surface area contributed by atoms with Crippen LogP contribution < -0.4 is 14.2 Å². The van der Waals surface area contributed by atoms with Crippen molar-refractivity contribution in [2.45, 2.75) is 6.61 Å². The number of rotatable bonds is 8. The van der Waals surface area contributed by atoms with E-state index in [1.807, 2.05) is 66.7 Å². The van der Waals surface area contributed by atoms with E-state index < -0.39 is 5.97 Å². The van der Waals surface area contributed by atoms with Gasteiger partial charge in [-0.05, 0) is 58.7 Å². The van der Waals surface area contributed by atoms with Crippen molar-refractivity contribution >= 4 is 12.0 Å². The Labute approximate surface area is 176 Å². The maximum absolute atomic E-state index is 11.6. The van der Waals surface area contributed by atoms with Crippen molar-refractivity contribution in [1.82, 2.24) is 0 Å². The Balaban J connectivity index is 1.97. The molecule has 0 aliphatic carbocycles. The van der Waals surface area contributed by atoms with E-state index >= 15 is 0 Å². The van der Waals surface area contributed by atoms with E-state index in [-0.39, 0.29) is 0 Å². The Kier molecular flexibility index (Phi) is 7.11. The van der Waals surface area contributed by atoms with Crippen LogP contribution in [0.15, 0.2) is 72.8 Å². The first-order valence-corrected chi connectivity index (χ1v) is 9.44. The van der Waals surface area contributed by atoms with Crippen molar-refractivity contribution in [2.75, 3.05) is 21.3 Å². The van der Waals surface area contributed by atoms with E-state index in [1.165, 1.54) is 13.2 Å². The van der Waals surface area contributed by atoms with Crippen molar-refractivity contribution < 1.29 is 23.7 Å². The molecule has 0 atom stereocenters. The van der Waals surface area contributed by atoms with Crippen LogP contribution in [0.3, 0.4) is 0 Å². The highest BCUT2D eigenvalue weighted by Gasteiger charge is 2.10. The van der Waals surface area contributed by atoms with Gasteiger partial charge in [-0.15, -0.1) is 0 Å². The lowest BCUT2D eigenvalue weighted by molar-refractivity contribution is -0.134. The SMILES string of the molecule is COC(=O)/C=C/c1ccc(COc2ccccc2)cc1-c1ccc(OC)c(OC)c1. The summed E-state index contributed by atoms with van der Waals surface area (Å²) in [7, 11) is 4.55. The Hall–Kier alpha value is -3.73. The number of carbonyl (C=O) groups excluding carboxylic acids is 1. The molecule has 0 saturated carbocycles. The zero-order chi connectivity index (χ0) is 21.3. The van der Waals surface area contributed by atoms with Crippen LogP contribution in [0.2, 0.25) is 0 Å². The molecule has 0 aliphatic rings. The average molecular weight is 404 g/mol. The van der Waals surface area contributed by atoms with E-state index in [4.69, 9.17) is 18.9 Å². The first-order valence-electron chi connectivity index (χ1n) is 9.44. The van der Waals surface area contributed by atoms with Crippen LogP contribution in [0.25, 0.3) is 17.2 Å². The molecular formula is C25H24O5. The molecule has 0 radical (unpaired) electrons. The summed E-state index contributed by atoms with van der Waals surface area (Å²) in [6, 6.07) is 21.3. The second-order valence-corrected chi connectivity index (χ2v) is 6.45. The van der Waals surface area contributed by atoms with Crippen molar-refractivity contribution in [1.29, 1.82) is 0 Å². The lowest BCUT2D eigenvalue weighted by Gasteiger charge is -2.14. The minimum atomic E-state index is -0.412. The molecule has 0 N–H and O–H groups in total. The Morgan fingerprint density at radius 1 is 0.867 bits per heavy atom. The quantitative estimate of drug-likeness (QED) is 0.385. The van der Waals surface area contributed by atoms with Gasteiger partial charge < -0.3 is 18.9 Å². The predicted molar refractivity (Wildman–Crippen MR) is 117 cm³/mol. The fourth-order valence-corrected chi connectivity index (χ4v) is 3.00. The van der Waals surface area contributed by atoms with Gasteiger partial charge in [0.2, 0.25) is 0 Å². The van der Waals surface area contributed by atoms with Gasteiger partial charge in [0.25, 0.3) is 0 Å². The minimum absolute atomic E-state index is 0.412. The molecule has 0 spiro atoms. The van der Waals surface area contributed by atoms with Crippen molar-refractivity contribution in [3.63, 3.8) is 0 Å². The highest BCUT2D eigenvalue weighted by molar-refractivity contribution is 5.89. The molecule has 5 nitrogen and oxygen atoms in total. The molecular weight excluding hydrogens is 380 g/mol. The summed E-state index contributed by atoms with van der Waals surface area (Å²) in [5, 5.41) is 0. The fourth-order valence-electron chi connectivity index (χ4n) is 3.00. The molecule has 0 bridgehead atoms. The van der Waals surface area contributed by atoms with Crippen LogP contribution in [0.5, 0.6) is 17.2 Å². The summed E-state index contributed by atoms with van der Waals surface area (Å²) in [6.45, 7) is 0.422. The number of carbonyl (C=O) groups is 1. The van der Waals surface area contributed by atoms with Crippen molar-refractivity contribution in [2.24, 2.45) is 0 Å². The molecule has 0 saturated heterocycles.